The van der Waals surface area contributed by atoms with Gasteiger partial charge in [-0.25, -0.2) is 0 Å². The van der Waals surface area contributed by atoms with Gasteiger partial charge in [-0.2, -0.15) is 0 Å². The second-order valence-electron chi connectivity index (χ2n) is 6.75. The number of guanidine groups is 1. The van der Waals surface area contributed by atoms with Gasteiger partial charge in [-0.05, 0) is 52.6 Å². The van der Waals surface area contributed by atoms with E-state index in [9.17, 15) is 4.79 Å². The Hall–Kier alpha value is -1.30. The average molecular weight is 326 g/mol. The summed E-state index contributed by atoms with van der Waals surface area (Å²) in [5, 5.41) is 6.73. The van der Waals surface area contributed by atoms with E-state index in [-0.39, 0.29) is 11.5 Å². The number of nitrogens with one attached hydrogen (secondary N) is 2. The largest absolute Gasteiger partial charge is 0.469 e. The molecule has 0 unspecified atom stereocenters. The van der Waals surface area contributed by atoms with Crippen LogP contribution in [-0.2, 0) is 9.53 Å². The van der Waals surface area contributed by atoms with Crippen LogP contribution < -0.4 is 10.6 Å². The molecule has 0 aromatic heterocycles. The van der Waals surface area contributed by atoms with Crippen molar-refractivity contribution in [2.75, 3.05) is 40.3 Å². The van der Waals surface area contributed by atoms with Crippen LogP contribution in [0.4, 0.5) is 0 Å². The lowest BCUT2D eigenvalue weighted by molar-refractivity contribution is -0.140. The number of hydrogen-bond acceptors (Lipinski definition) is 4. The van der Waals surface area contributed by atoms with Gasteiger partial charge >= 0.3 is 5.97 Å². The number of ether oxygens (including phenoxy) is 1. The van der Waals surface area contributed by atoms with Crippen LogP contribution in [0.15, 0.2) is 4.99 Å². The third kappa shape index (κ3) is 7.68. The van der Waals surface area contributed by atoms with Crippen LogP contribution in [0, 0.1) is 0 Å². The molecule has 23 heavy (non-hydrogen) atoms. The Balaban J connectivity index is 2.23. The number of esters is 1. The first-order chi connectivity index (χ1) is 11.0. The van der Waals surface area contributed by atoms with Crippen molar-refractivity contribution < 1.29 is 9.53 Å². The fourth-order valence-corrected chi connectivity index (χ4v) is 2.83. The van der Waals surface area contributed by atoms with Crippen molar-refractivity contribution in [2.24, 2.45) is 4.99 Å². The van der Waals surface area contributed by atoms with E-state index in [0.717, 1.165) is 31.9 Å². The van der Waals surface area contributed by atoms with Gasteiger partial charge in [0, 0.05) is 32.1 Å². The molecular weight excluding hydrogens is 292 g/mol. The zero-order valence-electron chi connectivity index (χ0n) is 15.3. The SMILES string of the molecule is CN=C(NCCCCC(=O)OC)NCC(C)(C)N1CCCCC1. The Morgan fingerprint density at radius 2 is 1.87 bits per heavy atom. The Morgan fingerprint density at radius 1 is 1.17 bits per heavy atom. The summed E-state index contributed by atoms with van der Waals surface area (Å²) in [5.74, 6) is 0.684. The normalized spacial score (nSPS) is 17.0. The molecule has 1 aliphatic rings. The first-order valence-electron chi connectivity index (χ1n) is 8.76. The highest BCUT2D eigenvalue weighted by Gasteiger charge is 2.27. The fraction of sp³-hybridized carbons (Fsp3) is 0.882. The van der Waals surface area contributed by atoms with Gasteiger partial charge in [-0.1, -0.05) is 6.42 Å². The highest BCUT2D eigenvalue weighted by molar-refractivity contribution is 5.79. The Kier molecular flexibility index (Phi) is 8.99. The van der Waals surface area contributed by atoms with Crippen molar-refractivity contribution in [3.8, 4) is 0 Å². The van der Waals surface area contributed by atoms with Crippen molar-refractivity contribution in [3.05, 3.63) is 0 Å². The van der Waals surface area contributed by atoms with Gasteiger partial charge in [-0.15, -0.1) is 0 Å². The van der Waals surface area contributed by atoms with Crippen LogP contribution in [-0.4, -0.2) is 62.7 Å². The van der Waals surface area contributed by atoms with E-state index in [1.165, 1.54) is 39.5 Å². The molecule has 6 heteroatoms. The molecule has 0 radical (unpaired) electrons. The molecule has 1 heterocycles. The lowest BCUT2D eigenvalue weighted by Crippen LogP contribution is -2.54. The summed E-state index contributed by atoms with van der Waals surface area (Å²) in [6.07, 6.45) is 6.19. The molecule has 0 atom stereocenters. The number of carbonyl (C=O) groups excluding carboxylic acids is 1. The molecule has 0 saturated carbocycles. The van der Waals surface area contributed by atoms with Gasteiger partial charge in [0.05, 0.1) is 7.11 Å². The number of aliphatic imine (C=N–C) groups is 1. The van der Waals surface area contributed by atoms with Crippen molar-refractivity contribution in [3.63, 3.8) is 0 Å². The van der Waals surface area contributed by atoms with Gasteiger partial charge in [0.2, 0.25) is 0 Å². The predicted octanol–water partition coefficient (Wildman–Crippen LogP) is 1.76. The standard InChI is InChI=1S/C17H34N4O2/c1-17(2,21-12-8-5-9-13-21)14-20-16(18-3)19-11-7-6-10-15(22)23-4/h5-14H2,1-4H3,(H2,18,19,20). The van der Waals surface area contributed by atoms with E-state index in [4.69, 9.17) is 0 Å². The minimum Gasteiger partial charge on any atom is -0.469 e. The van der Waals surface area contributed by atoms with Crippen molar-refractivity contribution in [1.82, 2.24) is 15.5 Å². The number of unbranched alkanes of at least 4 members (excludes halogenated alkanes) is 1. The number of methoxy groups -OCH3 is 1. The Morgan fingerprint density at radius 3 is 2.48 bits per heavy atom. The summed E-state index contributed by atoms with van der Waals surface area (Å²) >= 11 is 0. The summed E-state index contributed by atoms with van der Waals surface area (Å²) in [5.41, 5.74) is 0.128. The van der Waals surface area contributed by atoms with Crippen LogP contribution in [0.3, 0.4) is 0 Å². The molecule has 0 spiro atoms. The quantitative estimate of drug-likeness (QED) is 0.308. The molecule has 6 nitrogen and oxygen atoms in total. The van der Waals surface area contributed by atoms with E-state index < -0.39 is 0 Å². The summed E-state index contributed by atoms with van der Waals surface area (Å²) < 4.78 is 4.63. The number of likely N-dealkylation sites (tertiary alicyclic amines) is 1. The topological polar surface area (TPSA) is 66.0 Å². The molecule has 1 saturated heterocycles. The summed E-state index contributed by atoms with van der Waals surface area (Å²) in [6, 6.07) is 0. The highest BCUT2D eigenvalue weighted by Crippen LogP contribution is 2.19. The second-order valence-corrected chi connectivity index (χ2v) is 6.75. The molecule has 134 valence electrons. The van der Waals surface area contributed by atoms with E-state index in [0.29, 0.717) is 6.42 Å². The van der Waals surface area contributed by atoms with E-state index in [2.05, 4.69) is 39.1 Å². The number of piperidine rings is 1. The van der Waals surface area contributed by atoms with Gasteiger partial charge in [-0.3, -0.25) is 14.7 Å². The molecule has 0 bridgehead atoms. The van der Waals surface area contributed by atoms with Gasteiger partial charge < -0.3 is 15.4 Å². The molecule has 0 amide bonds. The van der Waals surface area contributed by atoms with Crippen LogP contribution in [0.25, 0.3) is 0 Å². The maximum atomic E-state index is 11.0. The zero-order valence-corrected chi connectivity index (χ0v) is 15.3. The minimum absolute atomic E-state index is 0.128. The summed E-state index contributed by atoms with van der Waals surface area (Å²) in [7, 11) is 3.22. The maximum absolute atomic E-state index is 11.0. The van der Waals surface area contributed by atoms with Crippen molar-refractivity contribution >= 4 is 11.9 Å². The smallest absolute Gasteiger partial charge is 0.305 e. The van der Waals surface area contributed by atoms with Crippen LogP contribution in [0.2, 0.25) is 0 Å². The Bertz CT molecular complexity index is 377. The zero-order chi connectivity index (χ0) is 17.1. The molecule has 1 fully saturated rings. The minimum atomic E-state index is -0.143. The molecule has 1 rings (SSSR count). The maximum Gasteiger partial charge on any atom is 0.305 e. The molecule has 2 N–H and O–H groups in total. The Labute approximate surface area is 141 Å². The average Bonchev–Trinajstić information content (AvgIpc) is 2.57. The number of rotatable bonds is 8. The number of nitrogens with zero attached hydrogens (tertiary/aromatic N) is 2. The second kappa shape index (κ2) is 10.5. The fourth-order valence-electron chi connectivity index (χ4n) is 2.83. The third-order valence-corrected chi connectivity index (χ3v) is 4.45. The van der Waals surface area contributed by atoms with E-state index in [1.807, 2.05) is 0 Å². The van der Waals surface area contributed by atoms with E-state index >= 15 is 0 Å². The van der Waals surface area contributed by atoms with Crippen LogP contribution in [0.1, 0.15) is 52.4 Å². The molecule has 1 aliphatic heterocycles. The predicted molar refractivity (Wildman–Crippen MR) is 94.7 cm³/mol. The molecule has 0 aromatic carbocycles. The summed E-state index contributed by atoms with van der Waals surface area (Å²) in [6.45, 7) is 8.63. The van der Waals surface area contributed by atoms with Crippen LogP contribution >= 0.6 is 0 Å². The van der Waals surface area contributed by atoms with Crippen molar-refractivity contribution in [2.45, 2.75) is 57.9 Å². The van der Waals surface area contributed by atoms with Gasteiger partial charge in [0.1, 0.15) is 0 Å². The van der Waals surface area contributed by atoms with Crippen molar-refractivity contribution in [1.29, 1.82) is 0 Å². The molecule has 0 aromatic rings. The third-order valence-electron chi connectivity index (χ3n) is 4.45. The first-order valence-corrected chi connectivity index (χ1v) is 8.76. The van der Waals surface area contributed by atoms with Crippen LogP contribution in [0.5, 0.6) is 0 Å². The molecule has 0 aliphatic carbocycles. The first kappa shape index (κ1) is 19.7. The highest BCUT2D eigenvalue weighted by atomic mass is 16.5. The van der Waals surface area contributed by atoms with Gasteiger partial charge in [0.15, 0.2) is 5.96 Å². The lowest BCUT2D eigenvalue weighted by Gasteiger charge is -2.41. The monoisotopic (exact) mass is 326 g/mol. The number of hydrogen-bond donors (Lipinski definition) is 2. The van der Waals surface area contributed by atoms with Gasteiger partial charge in [0.25, 0.3) is 0 Å². The molecular formula is C17H34N4O2. The lowest BCUT2D eigenvalue weighted by atomic mass is 9.98. The summed E-state index contributed by atoms with van der Waals surface area (Å²) in [4.78, 5) is 17.9. The number of carbonyl (C=O) groups is 1. The van der Waals surface area contributed by atoms with E-state index in [1.54, 1.807) is 7.05 Å².